The number of halogens is 3. The Kier molecular flexibility index (Phi) is 8.72. The molecule has 0 saturated carbocycles. The Bertz CT molecular complexity index is 881. The second-order valence-electron chi connectivity index (χ2n) is 6.89. The summed E-state index contributed by atoms with van der Waals surface area (Å²) >= 11 is 0. The van der Waals surface area contributed by atoms with Crippen LogP contribution in [0.4, 0.5) is 13.2 Å². The molecule has 2 N–H and O–H groups in total. The molecule has 9 heteroatoms. The van der Waals surface area contributed by atoms with Crippen LogP contribution >= 0.6 is 0 Å². The van der Waals surface area contributed by atoms with Crippen LogP contribution in [0.25, 0.3) is 0 Å². The Morgan fingerprint density at radius 3 is 2.42 bits per heavy atom. The van der Waals surface area contributed by atoms with Gasteiger partial charge in [0.2, 0.25) is 0 Å². The summed E-state index contributed by atoms with van der Waals surface area (Å²) in [4.78, 5) is 17.9. The van der Waals surface area contributed by atoms with Crippen molar-refractivity contribution in [2.45, 2.75) is 19.6 Å². The largest absolute Gasteiger partial charge is 0.492 e. The van der Waals surface area contributed by atoms with Crippen LogP contribution in [0.2, 0.25) is 0 Å². The van der Waals surface area contributed by atoms with Gasteiger partial charge < -0.3 is 20.3 Å². The summed E-state index contributed by atoms with van der Waals surface area (Å²) in [6.07, 6.45) is -4.40. The first-order valence-electron chi connectivity index (χ1n) is 9.83. The lowest BCUT2D eigenvalue weighted by Gasteiger charge is -2.13. The maximum Gasteiger partial charge on any atom is 0.416 e. The number of nitrogens with one attached hydrogen (secondary N) is 2. The van der Waals surface area contributed by atoms with E-state index in [2.05, 4.69) is 15.6 Å². The van der Waals surface area contributed by atoms with Crippen molar-refractivity contribution in [3.63, 3.8) is 0 Å². The number of ether oxygens (including phenoxy) is 1. The highest BCUT2D eigenvalue weighted by Crippen LogP contribution is 2.31. The molecule has 0 bridgehead atoms. The molecule has 0 radical (unpaired) electrons. The number of aliphatic imine (C=N–C) groups is 1. The number of benzene rings is 2. The Hall–Kier alpha value is -3.23. The predicted molar refractivity (Wildman–Crippen MR) is 114 cm³/mol. The van der Waals surface area contributed by atoms with Gasteiger partial charge in [0.1, 0.15) is 12.4 Å². The van der Waals surface area contributed by atoms with Gasteiger partial charge >= 0.3 is 6.18 Å². The summed E-state index contributed by atoms with van der Waals surface area (Å²) in [6, 6.07) is 12.0. The van der Waals surface area contributed by atoms with Gasteiger partial charge in [-0.05, 0) is 42.8 Å². The molecule has 0 aliphatic carbocycles. The van der Waals surface area contributed by atoms with Gasteiger partial charge in [-0.1, -0.05) is 18.2 Å². The number of hydrogen-bond donors (Lipinski definition) is 2. The van der Waals surface area contributed by atoms with Crippen molar-refractivity contribution < 1.29 is 22.7 Å². The smallest absolute Gasteiger partial charge is 0.416 e. The normalized spacial score (nSPS) is 11.7. The number of carbonyl (C=O) groups excluding carboxylic acids is 1. The third kappa shape index (κ3) is 7.84. The van der Waals surface area contributed by atoms with Gasteiger partial charge in [0, 0.05) is 26.2 Å². The molecule has 0 heterocycles. The Labute approximate surface area is 180 Å². The molecule has 31 heavy (non-hydrogen) atoms. The van der Waals surface area contributed by atoms with Crippen molar-refractivity contribution >= 4 is 11.9 Å². The van der Waals surface area contributed by atoms with Crippen LogP contribution in [-0.4, -0.2) is 50.6 Å². The lowest BCUT2D eigenvalue weighted by molar-refractivity contribution is -0.137. The second kappa shape index (κ2) is 11.2. The van der Waals surface area contributed by atoms with Crippen molar-refractivity contribution in [2.24, 2.45) is 4.99 Å². The summed E-state index contributed by atoms with van der Waals surface area (Å²) in [6.45, 7) is 3.51. The van der Waals surface area contributed by atoms with Gasteiger partial charge in [-0.15, -0.1) is 0 Å². The highest BCUT2D eigenvalue weighted by atomic mass is 19.4. The number of carbonyl (C=O) groups is 1. The van der Waals surface area contributed by atoms with E-state index in [1.807, 2.05) is 19.1 Å². The van der Waals surface area contributed by atoms with Gasteiger partial charge in [0.05, 0.1) is 18.7 Å². The number of alkyl halides is 3. The fraction of sp³-hybridized carbons (Fsp3) is 0.364. The molecule has 0 unspecified atom stereocenters. The zero-order chi connectivity index (χ0) is 22.9. The molecule has 0 fully saturated rings. The number of guanidine groups is 1. The molecule has 2 aromatic carbocycles. The molecule has 1 amide bonds. The van der Waals surface area contributed by atoms with E-state index >= 15 is 0 Å². The molecule has 0 aliphatic heterocycles. The Morgan fingerprint density at radius 2 is 1.81 bits per heavy atom. The highest BCUT2D eigenvalue weighted by molar-refractivity contribution is 5.93. The van der Waals surface area contributed by atoms with E-state index in [0.29, 0.717) is 31.2 Å². The quantitative estimate of drug-likeness (QED) is 0.377. The lowest BCUT2D eigenvalue weighted by atomic mass is 10.1. The van der Waals surface area contributed by atoms with Gasteiger partial charge in [-0.25, -0.2) is 4.99 Å². The third-order valence-corrected chi connectivity index (χ3v) is 4.20. The molecule has 6 nitrogen and oxygen atoms in total. The summed E-state index contributed by atoms with van der Waals surface area (Å²) < 4.78 is 43.7. The van der Waals surface area contributed by atoms with E-state index < -0.39 is 11.7 Å². The van der Waals surface area contributed by atoms with E-state index in [-0.39, 0.29) is 18.3 Å². The number of amides is 1. The van der Waals surface area contributed by atoms with Gasteiger partial charge in [-0.2, -0.15) is 13.2 Å². The van der Waals surface area contributed by atoms with E-state index in [0.717, 1.165) is 17.7 Å². The van der Waals surface area contributed by atoms with Gasteiger partial charge in [-0.3, -0.25) is 4.79 Å². The number of hydrogen-bond acceptors (Lipinski definition) is 3. The maximum atomic E-state index is 12.8. The average Bonchev–Trinajstić information content (AvgIpc) is 2.74. The monoisotopic (exact) mass is 436 g/mol. The first kappa shape index (κ1) is 24.0. The van der Waals surface area contributed by atoms with Crippen LogP contribution in [0.1, 0.15) is 28.4 Å². The summed E-state index contributed by atoms with van der Waals surface area (Å²) in [7, 11) is 3.40. The number of nitrogens with zero attached hydrogens (tertiary/aromatic N) is 2. The van der Waals surface area contributed by atoms with Crippen LogP contribution < -0.4 is 15.4 Å². The zero-order valence-corrected chi connectivity index (χ0v) is 17.8. The molecule has 0 aliphatic rings. The molecular weight excluding hydrogens is 409 g/mol. The molecule has 2 aromatic rings. The zero-order valence-electron chi connectivity index (χ0n) is 17.8. The fourth-order valence-electron chi connectivity index (χ4n) is 2.62. The van der Waals surface area contributed by atoms with E-state index in [1.165, 1.54) is 17.0 Å². The van der Waals surface area contributed by atoms with Crippen molar-refractivity contribution in [2.75, 3.05) is 33.8 Å². The second-order valence-corrected chi connectivity index (χ2v) is 6.89. The molecule has 0 saturated heterocycles. The van der Waals surface area contributed by atoms with Crippen LogP contribution in [0, 0.1) is 0 Å². The molecule has 168 valence electrons. The average molecular weight is 436 g/mol. The number of rotatable bonds is 8. The lowest BCUT2D eigenvalue weighted by Crippen LogP contribution is -2.39. The van der Waals surface area contributed by atoms with Gasteiger partial charge in [0.25, 0.3) is 5.91 Å². The Balaban J connectivity index is 1.87. The fourth-order valence-corrected chi connectivity index (χ4v) is 2.62. The summed E-state index contributed by atoms with van der Waals surface area (Å²) in [5.41, 5.74) is 0.799. The van der Waals surface area contributed by atoms with Crippen molar-refractivity contribution in [3.8, 4) is 5.75 Å². The first-order valence-corrected chi connectivity index (χ1v) is 9.83. The van der Waals surface area contributed by atoms with Crippen LogP contribution in [0.15, 0.2) is 53.5 Å². The standard InChI is InChI=1S/C22H27F3N4O2/c1-4-26-21(28-15-16-8-10-17(11-9-16)20(30)29(2)3)27-12-13-31-19-7-5-6-18(14-19)22(23,24)25/h5-11,14H,4,12-13,15H2,1-3H3,(H2,26,27,28). The molecule has 0 atom stereocenters. The van der Waals surface area contributed by atoms with Crippen LogP contribution in [0.5, 0.6) is 5.75 Å². The minimum absolute atomic E-state index is 0.0640. The first-order chi connectivity index (χ1) is 14.7. The molecule has 0 spiro atoms. The molecule has 0 aromatic heterocycles. The van der Waals surface area contributed by atoms with E-state index in [4.69, 9.17) is 4.74 Å². The minimum Gasteiger partial charge on any atom is -0.492 e. The maximum absolute atomic E-state index is 12.8. The Morgan fingerprint density at radius 1 is 1.10 bits per heavy atom. The van der Waals surface area contributed by atoms with Crippen molar-refractivity contribution in [1.29, 1.82) is 0 Å². The summed E-state index contributed by atoms with van der Waals surface area (Å²) in [5, 5.41) is 6.18. The van der Waals surface area contributed by atoms with Gasteiger partial charge in [0.15, 0.2) is 5.96 Å². The van der Waals surface area contributed by atoms with Crippen molar-refractivity contribution in [3.05, 3.63) is 65.2 Å². The third-order valence-electron chi connectivity index (χ3n) is 4.20. The van der Waals surface area contributed by atoms with E-state index in [1.54, 1.807) is 26.2 Å². The van der Waals surface area contributed by atoms with Crippen LogP contribution in [0.3, 0.4) is 0 Å². The minimum atomic E-state index is -4.40. The van der Waals surface area contributed by atoms with Crippen LogP contribution in [-0.2, 0) is 12.7 Å². The molecule has 2 rings (SSSR count). The van der Waals surface area contributed by atoms with Crippen molar-refractivity contribution in [1.82, 2.24) is 15.5 Å². The summed E-state index contributed by atoms with van der Waals surface area (Å²) in [5.74, 6) is 0.653. The highest BCUT2D eigenvalue weighted by Gasteiger charge is 2.30. The molecular formula is C22H27F3N4O2. The topological polar surface area (TPSA) is 66.0 Å². The van der Waals surface area contributed by atoms with E-state index in [9.17, 15) is 18.0 Å². The predicted octanol–water partition coefficient (Wildman–Crippen LogP) is 3.54. The SMILES string of the molecule is CCNC(=NCc1ccc(C(=O)N(C)C)cc1)NCCOc1cccc(C(F)(F)F)c1.